The first-order valence-corrected chi connectivity index (χ1v) is 12.2. The predicted octanol–water partition coefficient (Wildman–Crippen LogP) is 1.79. The average molecular weight is 436 g/mol. The Morgan fingerprint density at radius 3 is 2.37 bits per heavy atom. The van der Waals surface area contributed by atoms with Crippen LogP contribution in [0.25, 0.3) is 11.0 Å². The summed E-state index contributed by atoms with van der Waals surface area (Å²) in [6.45, 7) is 10.6. The fourth-order valence-corrected chi connectivity index (χ4v) is 5.49. The van der Waals surface area contributed by atoms with Gasteiger partial charge in [0.25, 0.3) is 0 Å². The first-order chi connectivity index (χ1) is 14.3. The number of imidazole rings is 1. The largest absolute Gasteiger partial charge is 0.340 e. The van der Waals surface area contributed by atoms with Crippen molar-refractivity contribution >= 4 is 27.0 Å². The molecule has 1 aliphatic heterocycles. The molecule has 1 saturated heterocycles. The van der Waals surface area contributed by atoms with E-state index in [-0.39, 0.29) is 10.8 Å². The molecule has 0 bridgehead atoms. The molecule has 0 saturated carbocycles. The minimum atomic E-state index is -3.53. The van der Waals surface area contributed by atoms with Gasteiger partial charge in [0.15, 0.2) is 0 Å². The highest BCUT2D eigenvalue weighted by atomic mass is 32.2. The van der Waals surface area contributed by atoms with Gasteiger partial charge in [0, 0.05) is 58.7 Å². The van der Waals surface area contributed by atoms with Gasteiger partial charge in [0.2, 0.25) is 15.9 Å². The lowest BCUT2D eigenvalue weighted by Crippen LogP contribution is -2.47. The second-order valence-corrected chi connectivity index (χ2v) is 9.63. The van der Waals surface area contributed by atoms with Gasteiger partial charge in [0.1, 0.15) is 5.82 Å². The lowest BCUT2D eigenvalue weighted by Gasteiger charge is -2.32. The molecule has 0 atom stereocenters. The Balaban J connectivity index is 1.81. The Kier molecular flexibility index (Phi) is 7.15. The maximum Gasteiger partial charge on any atom is 0.243 e. The minimum absolute atomic E-state index is 0.155. The molecule has 2 aromatic rings. The summed E-state index contributed by atoms with van der Waals surface area (Å²) in [5.41, 5.74) is 1.56. The third kappa shape index (κ3) is 4.53. The zero-order chi connectivity index (χ0) is 21.9. The molecule has 9 heteroatoms. The number of carbonyl (C=O) groups excluding carboxylic acids is 1. The van der Waals surface area contributed by atoms with Crippen LogP contribution in [0, 0.1) is 0 Å². The number of nitrogens with zero attached hydrogens (tertiary/aromatic N) is 5. The predicted molar refractivity (Wildman–Crippen MR) is 118 cm³/mol. The van der Waals surface area contributed by atoms with Crippen molar-refractivity contribution in [2.75, 3.05) is 46.3 Å². The summed E-state index contributed by atoms with van der Waals surface area (Å²) in [5.74, 6) is 0.981. The lowest BCUT2D eigenvalue weighted by atomic mass is 10.2. The number of amides is 1. The van der Waals surface area contributed by atoms with Gasteiger partial charge in [-0.3, -0.25) is 4.79 Å². The number of carbonyl (C=O) groups is 1. The van der Waals surface area contributed by atoms with Crippen LogP contribution < -0.4 is 0 Å². The van der Waals surface area contributed by atoms with Crippen LogP contribution in [-0.2, 0) is 27.8 Å². The Bertz CT molecular complexity index is 989. The number of hydrogen-bond donors (Lipinski definition) is 0. The third-order valence-corrected chi connectivity index (χ3v) is 7.92. The van der Waals surface area contributed by atoms with E-state index in [1.165, 1.54) is 4.31 Å². The van der Waals surface area contributed by atoms with E-state index in [1.54, 1.807) is 12.1 Å². The van der Waals surface area contributed by atoms with Crippen LogP contribution in [0.1, 0.15) is 33.0 Å². The monoisotopic (exact) mass is 435 g/mol. The van der Waals surface area contributed by atoms with Crippen molar-refractivity contribution in [2.45, 2.75) is 45.1 Å². The fraction of sp³-hybridized carbons (Fsp3) is 0.619. The summed E-state index contributed by atoms with van der Waals surface area (Å²) in [4.78, 5) is 21.7. The van der Waals surface area contributed by atoms with E-state index in [0.29, 0.717) is 31.4 Å². The number of sulfonamides is 1. The molecular formula is C21H33N5O3S. The van der Waals surface area contributed by atoms with Gasteiger partial charge in [-0.1, -0.05) is 13.8 Å². The number of likely N-dealkylation sites (N-methyl/N-ethyl adjacent to an activating group) is 1. The highest BCUT2D eigenvalue weighted by Crippen LogP contribution is 2.23. The second-order valence-electron chi connectivity index (χ2n) is 7.70. The Hall–Kier alpha value is -1.97. The maximum absolute atomic E-state index is 12.9. The Morgan fingerprint density at radius 2 is 1.77 bits per heavy atom. The summed E-state index contributed by atoms with van der Waals surface area (Å²) < 4.78 is 29.2. The third-order valence-electron chi connectivity index (χ3n) is 5.88. The van der Waals surface area contributed by atoms with Gasteiger partial charge in [-0.05, 0) is 32.2 Å². The van der Waals surface area contributed by atoms with Crippen LogP contribution in [0.3, 0.4) is 0 Å². The van der Waals surface area contributed by atoms with Crippen molar-refractivity contribution in [2.24, 2.45) is 0 Å². The zero-order valence-electron chi connectivity index (χ0n) is 18.5. The highest BCUT2D eigenvalue weighted by molar-refractivity contribution is 7.89. The molecule has 3 rings (SSSR count). The first-order valence-electron chi connectivity index (χ1n) is 10.8. The molecule has 30 heavy (non-hydrogen) atoms. The summed E-state index contributed by atoms with van der Waals surface area (Å²) >= 11 is 0. The quantitative estimate of drug-likeness (QED) is 0.632. The van der Waals surface area contributed by atoms with E-state index >= 15 is 0 Å². The van der Waals surface area contributed by atoms with E-state index in [2.05, 4.69) is 16.5 Å². The molecule has 1 aromatic heterocycles. The molecule has 0 unspecified atom stereocenters. The standard InChI is InChI=1S/C21H33N5O3S/c1-5-25(6-2)30(28,29)17-8-9-19-18(16-17)22-20(26(19)7-3)10-11-21(27)24-14-12-23(4)13-15-24/h8-9,16H,5-7,10-15H2,1-4H3. The molecule has 0 spiro atoms. The summed E-state index contributed by atoms with van der Waals surface area (Å²) in [5, 5.41) is 0. The van der Waals surface area contributed by atoms with E-state index in [1.807, 2.05) is 31.7 Å². The summed E-state index contributed by atoms with van der Waals surface area (Å²) in [7, 11) is -1.46. The van der Waals surface area contributed by atoms with E-state index in [0.717, 1.165) is 44.1 Å². The maximum atomic E-state index is 12.9. The van der Waals surface area contributed by atoms with Gasteiger partial charge < -0.3 is 14.4 Å². The van der Waals surface area contributed by atoms with E-state index in [9.17, 15) is 13.2 Å². The number of benzene rings is 1. The Labute approximate surface area is 179 Å². The van der Waals surface area contributed by atoms with E-state index in [4.69, 9.17) is 4.98 Å². The number of aromatic nitrogens is 2. The molecule has 1 aliphatic rings. The lowest BCUT2D eigenvalue weighted by molar-refractivity contribution is -0.132. The van der Waals surface area contributed by atoms with Crippen molar-refractivity contribution in [1.82, 2.24) is 23.7 Å². The summed E-state index contributed by atoms with van der Waals surface area (Å²) in [6, 6.07) is 5.14. The van der Waals surface area contributed by atoms with Crippen molar-refractivity contribution in [3.05, 3.63) is 24.0 Å². The van der Waals surface area contributed by atoms with Crippen LogP contribution in [0.2, 0.25) is 0 Å². The second kappa shape index (κ2) is 9.45. The molecule has 166 valence electrons. The van der Waals surface area contributed by atoms with Gasteiger partial charge in [-0.25, -0.2) is 13.4 Å². The number of hydrogen-bond acceptors (Lipinski definition) is 5. The van der Waals surface area contributed by atoms with E-state index < -0.39 is 10.0 Å². The van der Waals surface area contributed by atoms with Gasteiger partial charge in [-0.2, -0.15) is 4.31 Å². The zero-order valence-corrected chi connectivity index (χ0v) is 19.3. The number of aryl methyl sites for hydroxylation is 2. The summed E-state index contributed by atoms with van der Waals surface area (Å²) in [6.07, 6.45) is 0.962. The average Bonchev–Trinajstić information content (AvgIpc) is 3.09. The normalized spacial score (nSPS) is 16.0. The number of piperazine rings is 1. The first kappa shape index (κ1) is 22.7. The molecule has 1 fully saturated rings. The van der Waals surface area contributed by atoms with Gasteiger partial charge in [0.05, 0.1) is 15.9 Å². The smallest absolute Gasteiger partial charge is 0.243 e. The molecule has 1 amide bonds. The minimum Gasteiger partial charge on any atom is -0.340 e. The Morgan fingerprint density at radius 1 is 1.10 bits per heavy atom. The van der Waals surface area contributed by atoms with Crippen molar-refractivity contribution in [1.29, 1.82) is 0 Å². The number of rotatable bonds is 8. The molecule has 0 aliphatic carbocycles. The van der Waals surface area contributed by atoms with Crippen LogP contribution in [0.5, 0.6) is 0 Å². The molecular weight excluding hydrogens is 402 g/mol. The molecule has 2 heterocycles. The molecule has 0 N–H and O–H groups in total. The SMILES string of the molecule is CCN(CC)S(=O)(=O)c1ccc2c(c1)nc(CCC(=O)N1CCN(C)CC1)n2CC. The highest BCUT2D eigenvalue weighted by Gasteiger charge is 2.24. The van der Waals surface area contributed by atoms with Crippen LogP contribution in [-0.4, -0.2) is 84.3 Å². The topological polar surface area (TPSA) is 78.8 Å². The molecule has 1 aromatic carbocycles. The van der Waals surface area contributed by atoms with Crippen molar-refractivity contribution in [3.63, 3.8) is 0 Å². The van der Waals surface area contributed by atoms with Gasteiger partial charge >= 0.3 is 0 Å². The van der Waals surface area contributed by atoms with Gasteiger partial charge in [-0.15, -0.1) is 0 Å². The number of fused-ring (bicyclic) bond motifs is 1. The van der Waals surface area contributed by atoms with Crippen LogP contribution in [0.15, 0.2) is 23.1 Å². The van der Waals surface area contributed by atoms with Crippen LogP contribution >= 0.6 is 0 Å². The fourth-order valence-electron chi connectivity index (χ4n) is 4.01. The molecule has 8 nitrogen and oxygen atoms in total. The van der Waals surface area contributed by atoms with Crippen molar-refractivity contribution < 1.29 is 13.2 Å². The van der Waals surface area contributed by atoms with Crippen LogP contribution in [0.4, 0.5) is 0 Å². The molecule has 0 radical (unpaired) electrons. The van der Waals surface area contributed by atoms with Crippen molar-refractivity contribution in [3.8, 4) is 0 Å².